The van der Waals surface area contributed by atoms with Crippen LogP contribution >= 0.6 is 0 Å². The van der Waals surface area contributed by atoms with Crippen molar-refractivity contribution in [3.63, 3.8) is 0 Å². The SMILES string of the molecule is CCN1C(=O)C(C)(C)C(=O)N(C)c2cc(OCCCN(CCn3ccc4occ(C)c4c3=O)Cc3ccncc3)ccc21. The second-order valence-corrected chi connectivity index (χ2v) is 11.5. The Balaban J connectivity index is 1.26. The minimum atomic E-state index is -1.16. The van der Waals surface area contributed by atoms with Gasteiger partial charge in [-0.15, -0.1) is 0 Å². The van der Waals surface area contributed by atoms with Crippen molar-refractivity contribution in [1.29, 1.82) is 0 Å². The standard InChI is InChI=1S/C33H39N5O5/c1-6-38-26-9-8-25(20-27(26)35(5)31(40)33(3,4)32(38)41)42-19-7-15-36(21-24-10-13-34-14-11-24)17-18-37-16-12-28-29(30(37)39)23(2)22-43-28/h8-14,16,20,22H,6-7,15,17-19,21H2,1-5H3. The van der Waals surface area contributed by atoms with Crippen molar-refractivity contribution in [1.82, 2.24) is 14.5 Å². The molecule has 0 saturated heterocycles. The van der Waals surface area contributed by atoms with E-state index in [0.29, 0.717) is 60.9 Å². The number of amides is 2. The van der Waals surface area contributed by atoms with E-state index in [0.717, 1.165) is 24.1 Å². The maximum atomic E-state index is 13.2. The summed E-state index contributed by atoms with van der Waals surface area (Å²) >= 11 is 0. The van der Waals surface area contributed by atoms with Crippen LogP contribution in [0.3, 0.4) is 0 Å². The van der Waals surface area contributed by atoms with Crippen LogP contribution in [-0.2, 0) is 22.7 Å². The highest BCUT2D eigenvalue weighted by Crippen LogP contribution is 2.40. The summed E-state index contributed by atoms with van der Waals surface area (Å²) in [7, 11) is 1.70. The van der Waals surface area contributed by atoms with Crippen LogP contribution in [0.25, 0.3) is 11.0 Å². The number of pyridine rings is 2. The average molecular weight is 586 g/mol. The summed E-state index contributed by atoms with van der Waals surface area (Å²) in [6.07, 6.45) is 7.72. The van der Waals surface area contributed by atoms with Crippen molar-refractivity contribution in [2.24, 2.45) is 5.41 Å². The Morgan fingerprint density at radius 1 is 1.00 bits per heavy atom. The molecule has 0 fully saturated rings. The number of carbonyl (C=O) groups excluding carboxylic acids is 2. The molecule has 0 atom stereocenters. The Morgan fingerprint density at radius 2 is 1.77 bits per heavy atom. The van der Waals surface area contributed by atoms with Crippen LogP contribution < -0.4 is 20.1 Å². The van der Waals surface area contributed by atoms with Gasteiger partial charge in [-0.25, -0.2) is 0 Å². The average Bonchev–Trinajstić information content (AvgIpc) is 3.38. The number of fused-ring (bicyclic) bond motifs is 2. The molecule has 0 unspecified atom stereocenters. The number of carbonyl (C=O) groups is 2. The summed E-state index contributed by atoms with van der Waals surface area (Å²) < 4.78 is 13.4. The lowest BCUT2D eigenvalue weighted by molar-refractivity contribution is -0.137. The van der Waals surface area contributed by atoms with Crippen LogP contribution in [0.2, 0.25) is 0 Å². The molecular formula is C33H39N5O5. The molecule has 10 heteroatoms. The molecule has 1 aliphatic heterocycles. The van der Waals surface area contributed by atoms with Gasteiger partial charge in [0.05, 0.1) is 29.6 Å². The van der Waals surface area contributed by atoms with Crippen LogP contribution in [0.1, 0.15) is 38.3 Å². The number of aromatic nitrogens is 2. The maximum Gasteiger partial charge on any atom is 0.262 e. The molecule has 0 spiro atoms. The van der Waals surface area contributed by atoms with Crippen molar-refractivity contribution < 1.29 is 18.7 Å². The summed E-state index contributed by atoms with van der Waals surface area (Å²) in [6.45, 7) is 10.7. The zero-order chi connectivity index (χ0) is 30.7. The Kier molecular flexibility index (Phi) is 8.68. The van der Waals surface area contributed by atoms with Crippen LogP contribution in [-0.4, -0.2) is 59.6 Å². The fourth-order valence-electron chi connectivity index (χ4n) is 5.62. The van der Waals surface area contributed by atoms with Gasteiger partial charge in [0.15, 0.2) is 0 Å². The first-order valence-corrected chi connectivity index (χ1v) is 14.7. The van der Waals surface area contributed by atoms with E-state index in [2.05, 4.69) is 9.88 Å². The largest absolute Gasteiger partial charge is 0.493 e. The van der Waals surface area contributed by atoms with Crippen LogP contribution in [0, 0.1) is 12.3 Å². The number of ether oxygens (including phenoxy) is 1. The molecule has 0 radical (unpaired) electrons. The van der Waals surface area contributed by atoms with Crippen LogP contribution in [0.5, 0.6) is 5.75 Å². The summed E-state index contributed by atoms with van der Waals surface area (Å²) in [6, 6.07) is 11.4. The summed E-state index contributed by atoms with van der Waals surface area (Å²) in [4.78, 5) is 49.0. The lowest BCUT2D eigenvalue weighted by Gasteiger charge is -2.27. The smallest absolute Gasteiger partial charge is 0.262 e. The van der Waals surface area contributed by atoms with Gasteiger partial charge in [-0.05, 0) is 70.0 Å². The molecule has 0 aliphatic carbocycles. The molecular weight excluding hydrogens is 546 g/mol. The quantitative estimate of drug-likeness (QED) is 0.187. The summed E-state index contributed by atoms with van der Waals surface area (Å²) in [5.41, 5.74) is 2.73. The molecule has 2 amide bonds. The Bertz CT molecular complexity index is 1680. The Hall–Kier alpha value is -4.44. The van der Waals surface area contributed by atoms with Gasteiger partial charge in [-0.2, -0.15) is 0 Å². The molecule has 5 rings (SSSR count). The highest BCUT2D eigenvalue weighted by molar-refractivity contribution is 6.20. The zero-order valence-electron chi connectivity index (χ0n) is 25.5. The molecule has 1 aliphatic rings. The Labute approximate surface area is 251 Å². The fraction of sp³-hybridized carbons (Fsp3) is 0.394. The second kappa shape index (κ2) is 12.4. The summed E-state index contributed by atoms with van der Waals surface area (Å²) in [5.74, 6) is 0.174. The molecule has 0 saturated carbocycles. The van der Waals surface area contributed by atoms with Gasteiger partial charge in [0.2, 0.25) is 11.8 Å². The van der Waals surface area contributed by atoms with Crippen LogP contribution in [0.4, 0.5) is 11.4 Å². The molecule has 10 nitrogen and oxygen atoms in total. The predicted molar refractivity (Wildman–Crippen MR) is 166 cm³/mol. The van der Waals surface area contributed by atoms with E-state index < -0.39 is 5.41 Å². The third kappa shape index (κ3) is 6.06. The van der Waals surface area contributed by atoms with Crippen molar-refractivity contribution in [2.45, 2.75) is 47.2 Å². The first-order chi connectivity index (χ1) is 20.6. The molecule has 0 bridgehead atoms. The van der Waals surface area contributed by atoms with Crippen molar-refractivity contribution in [3.05, 3.63) is 82.7 Å². The number of aryl methyl sites for hydroxylation is 1. The highest BCUT2D eigenvalue weighted by atomic mass is 16.5. The second-order valence-electron chi connectivity index (χ2n) is 11.5. The van der Waals surface area contributed by atoms with Gasteiger partial charge < -0.3 is 23.5 Å². The lowest BCUT2D eigenvalue weighted by atomic mass is 9.90. The van der Waals surface area contributed by atoms with Gasteiger partial charge in [0, 0.05) is 70.0 Å². The van der Waals surface area contributed by atoms with Gasteiger partial charge in [-0.3, -0.25) is 24.3 Å². The molecule has 43 heavy (non-hydrogen) atoms. The predicted octanol–water partition coefficient (Wildman–Crippen LogP) is 4.62. The third-order valence-electron chi connectivity index (χ3n) is 8.12. The number of nitrogens with zero attached hydrogens (tertiary/aromatic N) is 5. The van der Waals surface area contributed by atoms with Gasteiger partial charge in [0.1, 0.15) is 16.7 Å². The van der Waals surface area contributed by atoms with Gasteiger partial charge in [0.25, 0.3) is 5.56 Å². The van der Waals surface area contributed by atoms with Gasteiger partial charge in [-0.1, -0.05) is 0 Å². The third-order valence-corrected chi connectivity index (χ3v) is 8.12. The van der Waals surface area contributed by atoms with E-state index in [-0.39, 0.29) is 17.4 Å². The molecule has 226 valence electrons. The lowest BCUT2D eigenvalue weighted by Crippen LogP contribution is -2.47. The number of rotatable bonds is 11. The van der Waals surface area contributed by atoms with Crippen molar-refractivity contribution in [2.75, 3.05) is 43.1 Å². The van der Waals surface area contributed by atoms with E-state index in [9.17, 15) is 14.4 Å². The van der Waals surface area contributed by atoms with E-state index in [1.54, 1.807) is 60.1 Å². The molecule has 0 N–H and O–H groups in total. The normalized spacial score (nSPS) is 14.8. The molecule has 1 aromatic carbocycles. The van der Waals surface area contributed by atoms with Gasteiger partial charge >= 0.3 is 0 Å². The molecule has 4 heterocycles. The monoisotopic (exact) mass is 585 g/mol. The minimum Gasteiger partial charge on any atom is -0.493 e. The first kappa shape index (κ1) is 30.0. The van der Waals surface area contributed by atoms with E-state index >= 15 is 0 Å². The highest BCUT2D eigenvalue weighted by Gasteiger charge is 2.45. The first-order valence-electron chi connectivity index (χ1n) is 14.7. The van der Waals surface area contributed by atoms with Crippen molar-refractivity contribution in [3.8, 4) is 5.75 Å². The minimum absolute atomic E-state index is 0.0469. The van der Waals surface area contributed by atoms with Crippen molar-refractivity contribution >= 4 is 34.2 Å². The van der Waals surface area contributed by atoms with E-state index in [1.807, 2.05) is 50.2 Å². The fourth-order valence-corrected chi connectivity index (χ4v) is 5.62. The summed E-state index contributed by atoms with van der Waals surface area (Å²) in [5, 5.41) is 0.625. The maximum absolute atomic E-state index is 13.2. The number of furan rings is 1. The van der Waals surface area contributed by atoms with Crippen LogP contribution in [0.15, 0.2) is 70.5 Å². The Morgan fingerprint density at radius 3 is 2.51 bits per heavy atom. The zero-order valence-corrected chi connectivity index (χ0v) is 25.5. The van der Waals surface area contributed by atoms with E-state index in [4.69, 9.17) is 9.15 Å². The number of anilines is 2. The number of hydrogen-bond acceptors (Lipinski definition) is 7. The molecule has 3 aromatic heterocycles. The number of benzene rings is 1. The van der Waals surface area contributed by atoms with E-state index in [1.165, 1.54) is 0 Å². The molecule has 4 aromatic rings. The number of hydrogen-bond donors (Lipinski definition) is 0. The topological polar surface area (TPSA) is 101 Å².